The zero-order chi connectivity index (χ0) is 13.8. The topological polar surface area (TPSA) is 81.8 Å². The molecule has 0 unspecified atom stereocenters. The summed E-state index contributed by atoms with van der Waals surface area (Å²) < 4.78 is 22.7. The lowest BCUT2D eigenvalue weighted by Gasteiger charge is -2.24. The number of benzene rings is 1. The monoisotopic (exact) mass is 293 g/mol. The van der Waals surface area contributed by atoms with Crippen molar-refractivity contribution in [3.63, 3.8) is 0 Å². The second-order valence-electron chi connectivity index (χ2n) is 3.52. The van der Waals surface area contributed by atoms with Gasteiger partial charge in [-0.05, 0) is 32.0 Å². The second kappa shape index (κ2) is 6.55. The van der Waals surface area contributed by atoms with Crippen LogP contribution < -0.4 is 5.73 Å². The Kier molecular flexibility index (Phi) is 5.63. The molecule has 1 atom stereocenters. The highest BCUT2D eigenvalue weighted by Crippen LogP contribution is 2.59. The van der Waals surface area contributed by atoms with Gasteiger partial charge >= 0.3 is 7.60 Å². The Morgan fingerprint density at radius 1 is 1.39 bits per heavy atom. The number of halogens is 1. The number of rotatable bonds is 6. The zero-order valence-electron chi connectivity index (χ0n) is 10.3. The van der Waals surface area contributed by atoms with Crippen LogP contribution in [0, 0.1) is 0 Å². The molecule has 1 aromatic carbocycles. The molecule has 0 spiro atoms. The fourth-order valence-electron chi connectivity index (χ4n) is 1.49. The summed E-state index contributed by atoms with van der Waals surface area (Å²) in [5.41, 5.74) is 6.13. The maximum Gasteiger partial charge on any atom is 0.351 e. The SMILES string of the molecule is CCOP(=O)(OCC)[C@@H](N)c1cc(Cl)ccc1O. The predicted molar refractivity (Wildman–Crippen MR) is 70.9 cm³/mol. The number of phenols is 1. The van der Waals surface area contributed by atoms with E-state index in [1.54, 1.807) is 13.8 Å². The van der Waals surface area contributed by atoms with Crippen LogP contribution in [0.4, 0.5) is 0 Å². The van der Waals surface area contributed by atoms with Crippen molar-refractivity contribution in [1.29, 1.82) is 0 Å². The molecule has 102 valence electrons. The van der Waals surface area contributed by atoms with Crippen molar-refractivity contribution >= 4 is 19.2 Å². The van der Waals surface area contributed by atoms with Gasteiger partial charge in [-0.15, -0.1) is 0 Å². The third kappa shape index (κ3) is 3.46. The molecule has 7 heteroatoms. The summed E-state index contributed by atoms with van der Waals surface area (Å²) in [5, 5.41) is 10.1. The van der Waals surface area contributed by atoms with E-state index in [2.05, 4.69) is 0 Å². The first-order valence-electron chi connectivity index (χ1n) is 5.57. The average Bonchev–Trinajstić information content (AvgIpc) is 2.32. The van der Waals surface area contributed by atoms with Crippen molar-refractivity contribution in [2.45, 2.75) is 19.6 Å². The van der Waals surface area contributed by atoms with Crippen LogP contribution in [0.2, 0.25) is 5.02 Å². The van der Waals surface area contributed by atoms with Crippen LogP contribution in [0.3, 0.4) is 0 Å². The van der Waals surface area contributed by atoms with Gasteiger partial charge in [0.15, 0.2) is 0 Å². The van der Waals surface area contributed by atoms with Crippen molar-refractivity contribution in [2.24, 2.45) is 5.73 Å². The standard InChI is InChI=1S/C11H17ClNO4P/c1-3-16-18(15,17-4-2)11(13)9-7-8(12)5-6-10(9)14/h5-7,11,14H,3-4,13H2,1-2H3/t11-/m1/s1. The minimum Gasteiger partial charge on any atom is -0.508 e. The summed E-state index contributed by atoms with van der Waals surface area (Å²) in [5.74, 6) is -1.16. The van der Waals surface area contributed by atoms with E-state index in [-0.39, 0.29) is 24.5 Å². The Labute approximate surface area is 111 Å². The summed E-state index contributed by atoms with van der Waals surface area (Å²) >= 11 is 5.83. The zero-order valence-corrected chi connectivity index (χ0v) is 11.9. The van der Waals surface area contributed by atoms with Gasteiger partial charge in [0, 0.05) is 10.6 Å². The molecule has 0 aliphatic carbocycles. The van der Waals surface area contributed by atoms with E-state index in [0.29, 0.717) is 5.02 Å². The Morgan fingerprint density at radius 3 is 2.44 bits per heavy atom. The van der Waals surface area contributed by atoms with Gasteiger partial charge in [0.1, 0.15) is 11.5 Å². The number of nitrogens with two attached hydrogens (primary N) is 1. The molecule has 0 aromatic heterocycles. The molecule has 0 heterocycles. The first kappa shape index (κ1) is 15.5. The van der Waals surface area contributed by atoms with Crippen molar-refractivity contribution in [1.82, 2.24) is 0 Å². The molecule has 18 heavy (non-hydrogen) atoms. The maximum absolute atomic E-state index is 12.5. The van der Waals surface area contributed by atoms with Crippen LogP contribution in [-0.4, -0.2) is 18.3 Å². The van der Waals surface area contributed by atoms with Crippen LogP contribution in [0.15, 0.2) is 18.2 Å². The summed E-state index contributed by atoms with van der Waals surface area (Å²) in [6.07, 6.45) is 0. The molecule has 1 rings (SSSR count). The van der Waals surface area contributed by atoms with Gasteiger partial charge in [0.2, 0.25) is 0 Å². The molecule has 0 aliphatic rings. The molecule has 1 aromatic rings. The van der Waals surface area contributed by atoms with E-state index in [1.807, 2.05) is 0 Å². The smallest absolute Gasteiger partial charge is 0.351 e. The molecule has 0 saturated carbocycles. The summed E-state index contributed by atoms with van der Waals surface area (Å²) in [6.45, 7) is 3.78. The van der Waals surface area contributed by atoms with Crippen molar-refractivity contribution in [3.8, 4) is 5.75 Å². The van der Waals surface area contributed by atoms with Gasteiger partial charge in [-0.25, -0.2) is 0 Å². The van der Waals surface area contributed by atoms with E-state index >= 15 is 0 Å². The fourth-order valence-corrected chi connectivity index (χ4v) is 3.33. The van der Waals surface area contributed by atoms with Gasteiger partial charge in [-0.2, -0.15) is 0 Å². The van der Waals surface area contributed by atoms with Crippen LogP contribution in [0.5, 0.6) is 5.75 Å². The molecule has 0 bridgehead atoms. The third-order valence-corrected chi connectivity index (χ3v) is 4.70. The van der Waals surface area contributed by atoms with Crippen LogP contribution in [0.1, 0.15) is 25.2 Å². The summed E-state index contributed by atoms with van der Waals surface area (Å²) in [6, 6.07) is 4.35. The van der Waals surface area contributed by atoms with Crippen LogP contribution >= 0.6 is 19.2 Å². The second-order valence-corrected chi connectivity index (χ2v) is 6.11. The van der Waals surface area contributed by atoms with Gasteiger partial charge < -0.3 is 19.9 Å². The normalized spacial score (nSPS) is 13.6. The van der Waals surface area contributed by atoms with Crippen LogP contribution in [0.25, 0.3) is 0 Å². The highest BCUT2D eigenvalue weighted by Gasteiger charge is 2.35. The van der Waals surface area contributed by atoms with Gasteiger partial charge in [-0.3, -0.25) is 4.57 Å². The van der Waals surface area contributed by atoms with E-state index < -0.39 is 13.4 Å². The summed E-state index contributed by atoms with van der Waals surface area (Å²) in [7, 11) is -3.52. The molecular formula is C11H17ClNO4P. The Balaban J connectivity index is 3.13. The number of aromatic hydroxyl groups is 1. The highest BCUT2D eigenvalue weighted by molar-refractivity contribution is 7.54. The molecule has 3 N–H and O–H groups in total. The highest BCUT2D eigenvalue weighted by atomic mass is 35.5. The Bertz CT molecular complexity index is 445. The van der Waals surface area contributed by atoms with Gasteiger partial charge in [-0.1, -0.05) is 11.6 Å². The number of hydrogen-bond donors (Lipinski definition) is 2. The molecule has 0 radical (unpaired) electrons. The largest absolute Gasteiger partial charge is 0.508 e. The molecule has 5 nitrogen and oxygen atoms in total. The molecular weight excluding hydrogens is 277 g/mol. The van der Waals surface area contributed by atoms with E-state index in [0.717, 1.165) is 0 Å². The minimum atomic E-state index is -3.52. The Hall–Kier alpha value is -0.580. The van der Waals surface area contributed by atoms with Gasteiger partial charge in [0.05, 0.1) is 13.2 Å². The lowest BCUT2D eigenvalue weighted by atomic mass is 10.2. The van der Waals surface area contributed by atoms with Crippen LogP contribution in [-0.2, 0) is 13.6 Å². The molecule has 0 saturated heterocycles. The fraction of sp³-hybridized carbons (Fsp3) is 0.455. The maximum atomic E-state index is 12.5. The lowest BCUT2D eigenvalue weighted by molar-refractivity contribution is 0.212. The summed E-state index contributed by atoms with van der Waals surface area (Å²) in [4.78, 5) is 0. The molecule has 0 aliphatic heterocycles. The molecule has 0 amide bonds. The number of hydrogen-bond acceptors (Lipinski definition) is 5. The van der Waals surface area contributed by atoms with E-state index in [4.69, 9.17) is 26.4 Å². The van der Waals surface area contributed by atoms with Crippen molar-refractivity contribution in [2.75, 3.05) is 13.2 Å². The quantitative estimate of drug-likeness (QED) is 0.787. The third-order valence-electron chi connectivity index (χ3n) is 2.27. The molecule has 0 fully saturated rings. The average molecular weight is 294 g/mol. The first-order chi connectivity index (χ1) is 8.44. The van der Waals surface area contributed by atoms with Gasteiger partial charge in [0.25, 0.3) is 0 Å². The lowest BCUT2D eigenvalue weighted by Crippen LogP contribution is -2.15. The minimum absolute atomic E-state index is 0.0912. The van der Waals surface area contributed by atoms with Crippen molar-refractivity contribution in [3.05, 3.63) is 28.8 Å². The number of phenolic OH excluding ortho intramolecular Hbond substituents is 1. The van der Waals surface area contributed by atoms with E-state index in [1.165, 1.54) is 18.2 Å². The first-order valence-corrected chi connectivity index (χ1v) is 7.56. The van der Waals surface area contributed by atoms with Crippen molar-refractivity contribution < 1.29 is 18.7 Å². The van der Waals surface area contributed by atoms with E-state index in [9.17, 15) is 9.67 Å². The Morgan fingerprint density at radius 2 is 1.94 bits per heavy atom. The predicted octanol–water partition coefficient (Wildman–Crippen LogP) is 3.27.